The van der Waals surface area contributed by atoms with Crippen molar-refractivity contribution in [2.75, 3.05) is 0 Å². The maximum atomic E-state index is 12.0. The van der Waals surface area contributed by atoms with Crippen LogP contribution in [-0.2, 0) is 10.1 Å². The van der Waals surface area contributed by atoms with Crippen molar-refractivity contribution in [3.63, 3.8) is 0 Å². The number of hydrogen-bond acceptors (Lipinski definition) is 4. The first-order valence-corrected chi connectivity index (χ1v) is 8.91. The third kappa shape index (κ3) is 3.35. The molecule has 3 aromatic rings. The van der Waals surface area contributed by atoms with Gasteiger partial charge in [-0.1, -0.05) is 36.4 Å². The van der Waals surface area contributed by atoms with Gasteiger partial charge < -0.3 is 10.2 Å². The highest BCUT2D eigenvalue weighted by Gasteiger charge is 2.23. The number of phenolic OH excluding ortho intramolecular Hbond substituents is 2. The van der Waals surface area contributed by atoms with Gasteiger partial charge in [0.1, 0.15) is 16.4 Å². The summed E-state index contributed by atoms with van der Waals surface area (Å²) in [4.78, 5) is -0.177. The number of aryl methyl sites for hydroxylation is 1. The van der Waals surface area contributed by atoms with Gasteiger partial charge in [-0.05, 0) is 53.4 Å². The highest BCUT2D eigenvalue weighted by molar-refractivity contribution is 7.86. The molecule has 0 heterocycles. The van der Waals surface area contributed by atoms with Crippen LogP contribution in [0.3, 0.4) is 0 Å². The van der Waals surface area contributed by atoms with Crippen molar-refractivity contribution in [2.45, 2.75) is 11.8 Å². The Hall–Kier alpha value is -2.83. The molecule has 0 bridgehead atoms. The van der Waals surface area contributed by atoms with Gasteiger partial charge in [-0.3, -0.25) is 4.55 Å². The standard InChI is InChI=1S/C19H16O5S/c1-12-2-11-17(13-3-7-15(20)8-4-13)18(19(12)25(22,23)24)14-5-9-16(21)10-6-14/h2-11,20-21H,1H3,(H,22,23,24). The Morgan fingerprint density at radius 3 is 1.68 bits per heavy atom. The fourth-order valence-electron chi connectivity index (χ4n) is 2.82. The number of benzene rings is 3. The summed E-state index contributed by atoms with van der Waals surface area (Å²) in [6.45, 7) is 1.60. The van der Waals surface area contributed by atoms with E-state index in [4.69, 9.17) is 0 Å². The zero-order valence-corrected chi connectivity index (χ0v) is 14.2. The summed E-state index contributed by atoms with van der Waals surface area (Å²) in [5, 5.41) is 19.0. The van der Waals surface area contributed by atoms with Crippen LogP contribution >= 0.6 is 0 Å². The van der Waals surface area contributed by atoms with E-state index in [-0.39, 0.29) is 16.4 Å². The molecule has 0 spiro atoms. The second kappa shape index (κ2) is 6.23. The van der Waals surface area contributed by atoms with E-state index in [1.54, 1.807) is 43.3 Å². The van der Waals surface area contributed by atoms with Gasteiger partial charge in [0, 0.05) is 5.56 Å². The first-order valence-electron chi connectivity index (χ1n) is 7.47. The molecule has 0 atom stereocenters. The smallest absolute Gasteiger partial charge is 0.295 e. The Morgan fingerprint density at radius 2 is 1.20 bits per heavy atom. The molecule has 0 aromatic heterocycles. The summed E-state index contributed by atoms with van der Waals surface area (Å²) in [6.07, 6.45) is 0. The van der Waals surface area contributed by atoms with Crippen molar-refractivity contribution in [3.05, 3.63) is 66.2 Å². The van der Waals surface area contributed by atoms with Crippen molar-refractivity contribution in [1.29, 1.82) is 0 Å². The Bertz CT molecular complexity index is 1020. The molecular formula is C19H16O5S. The molecule has 5 nitrogen and oxygen atoms in total. The summed E-state index contributed by atoms with van der Waals surface area (Å²) in [5.41, 5.74) is 2.56. The van der Waals surface area contributed by atoms with Crippen molar-refractivity contribution in [2.24, 2.45) is 0 Å². The summed E-state index contributed by atoms with van der Waals surface area (Å²) >= 11 is 0. The van der Waals surface area contributed by atoms with Gasteiger partial charge in [-0.25, -0.2) is 0 Å². The summed E-state index contributed by atoms with van der Waals surface area (Å²) in [6, 6.07) is 15.8. The Labute approximate surface area is 145 Å². The average Bonchev–Trinajstić information content (AvgIpc) is 2.55. The van der Waals surface area contributed by atoms with Gasteiger partial charge in [0.15, 0.2) is 0 Å². The van der Waals surface area contributed by atoms with Gasteiger partial charge in [-0.15, -0.1) is 0 Å². The van der Waals surface area contributed by atoms with Crippen molar-refractivity contribution < 1.29 is 23.2 Å². The molecule has 25 heavy (non-hydrogen) atoms. The minimum Gasteiger partial charge on any atom is -0.508 e. The van der Waals surface area contributed by atoms with Gasteiger partial charge in [0.2, 0.25) is 0 Å². The van der Waals surface area contributed by atoms with Crippen LogP contribution in [0.25, 0.3) is 22.3 Å². The molecule has 6 heteroatoms. The van der Waals surface area contributed by atoms with Crippen LogP contribution in [0.15, 0.2) is 65.6 Å². The van der Waals surface area contributed by atoms with E-state index < -0.39 is 10.1 Å². The monoisotopic (exact) mass is 356 g/mol. The molecule has 0 amide bonds. The van der Waals surface area contributed by atoms with E-state index in [0.717, 1.165) is 0 Å². The first-order chi connectivity index (χ1) is 11.8. The molecule has 0 unspecified atom stereocenters. The highest BCUT2D eigenvalue weighted by atomic mass is 32.2. The Kier molecular flexibility index (Phi) is 4.24. The van der Waals surface area contributed by atoms with Crippen LogP contribution < -0.4 is 0 Å². The van der Waals surface area contributed by atoms with Crippen molar-refractivity contribution in [1.82, 2.24) is 0 Å². The highest BCUT2D eigenvalue weighted by Crippen LogP contribution is 2.39. The van der Waals surface area contributed by atoms with E-state index in [2.05, 4.69) is 0 Å². The molecule has 3 N–H and O–H groups in total. The summed E-state index contributed by atoms with van der Waals surface area (Å²) in [5.74, 6) is 0.146. The largest absolute Gasteiger partial charge is 0.508 e. The van der Waals surface area contributed by atoms with Gasteiger partial charge in [0.25, 0.3) is 10.1 Å². The minimum absolute atomic E-state index is 0.0518. The maximum absolute atomic E-state index is 12.0. The minimum atomic E-state index is -4.47. The fourth-order valence-corrected chi connectivity index (χ4v) is 3.78. The van der Waals surface area contributed by atoms with Crippen LogP contribution in [0.5, 0.6) is 11.5 Å². The van der Waals surface area contributed by atoms with Crippen LogP contribution in [-0.4, -0.2) is 23.2 Å². The first kappa shape index (κ1) is 17.0. The van der Waals surface area contributed by atoms with E-state index in [9.17, 15) is 23.2 Å². The van der Waals surface area contributed by atoms with E-state index in [1.165, 1.54) is 24.3 Å². The molecule has 0 aliphatic rings. The van der Waals surface area contributed by atoms with Gasteiger partial charge in [-0.2, -0.15) is 8.42 Å². The molecule has 0 aliphatic heterocycles. The fraction of sp³-hybridized carbons (Fsp3) is 0.0526. The zero-order chi connectivity index (χ0) is 18.2. The van der Waals surface area contributed by atoms with Crippen LogP contribution in [0, 0.1) is 6.92 Å². The molecular weight excluding hydrogens is 340 g/mol. The molecule has 0 saturated heterocycles. The zero-order valence-electron chi connectivity index (χ0n) is 13.3. The lowest BCUT2D eigenvalue weighted by Gasteiger charge is -2.16. The van der Waals surface area contributed by atoms with E-state index >= 15 is 0 Å². The lowest BCUT2D eigenvalue weighted by molar-refractivity contribution is 0.475. The van der Waals surface area contributed by atoms with Crippen LogP contribution in [0.1, 0.15) is 5.56 Å². The van der Waals surface area contributed by atoms with Crippen LogP contribution in [0.2, 0.25) is 0 Å². The predicted octanol–water partition coefficient (Wildman–Crippen LogP) is 3.99. The lowest BCUT2D eigenvalue weighted by atomic mass is 9.93. The van der Waals surface area contributed by atoms with E-state index in [1.807, 2.05) is 0 Å². The summed E-state index contributed by atoms with van der Waals surface area (Å²) < 4.78 is 33.8. The second-order valence-electron chi connectivity index (χ2n) is 5.70. The predicted molar refractivity (Wildman–Crippen MR) is 95.2 cm³/mol. The SMILES string of the molecule is Cc1ccc(-c2ccc(O)cc2)c(-c2ccc(O)cc2)c1S(=O)(=O)O. The van der Waals surface area contributed by atoms with Crippen molar-refractivity contribution in [3.8, 4) is 33.8 Å². The third-order valence-electron chi connectivity index (χ3n) is 3.95. The second-order valence-corrected chi connectivity index (χ2v) is 7.06. The normalized spacial score (nSPS) is 11.4. The van der Waals surface area contributed by atoms with Crippen molar-refractivity contribution >= 4 is 10.1 Å². The third-order valence-corrected chi connectivity index (χ3v) is 4.99. The molecule has 0 aliphatic carbocycles. The topological polar surface area (TPSA) is 94.8 Å². The Balaban J connectivity index is 2.40. The molecule has 0 saturated carbocycles. The quantitative estimate of drug-likeness (QED) is 0.617. The average molecular weight is 356 g/mol. The number of rotatable bonds is 3. The summed E-state index contributed by atoms with van der Waals surface area (Å²) in [7, 11) is -4.47. The maximum Gasteiger partial charge on any atom is 0.295 e. The van der Waals surface area contributed by atoms with Gasteiger partial charge in [0.05, 0.1) is 0 Å². The molecule has 3 aromatic carbocycles. The molecule has 0 radical (unpaired) electrons. The number of aromatic hydroxyl groups is 2. The molecule has 0 fully saturated rings. The Morgan fingerprint density at radius 1 is 0.720 bits per heavy atom. The lowest BCUT2D eigenvalue weighted by Crippen LogP contribution is -2.05. The van der Waals surface area contributed by atoms with Gasteiger partial charge >= 0.3 is 0 Å². The molecule has 128 valence electrons. The van der Waals surface area contributed by atoms with E-state index in [0.29, 0.717) is 27.8 Å². The number of hydrogen-bond donors (Lipinski definition) is 3. The molecule has 3 rings (SSSR count). The van der Waals surface area contributed by atoms with Crippen LogP contribution in [0.4, 0.5) is 0 Å². The number of phenols is 2.